The molecular formula is C33H31IN2O5S. The van der Waals surface area contributed by atoms with Crippen LogP contribution >= 0.6 is 33.9 Å². The largest absolute Gasteiger partial charge is 0.491 e. The Hall–Kier alpha value is -3.70. The van der Waals surface area contributed by atoms with Gasteiger partial charge in [-0.25, -0.2) is 9.79 Å². The molecule has 0 unspecified atom stereocenters. The van der Waals surface area contributed by atoms with E-state index < -0.39 is 12.0 Å². The van der Waals surface area contributed by atoms with Gasteiger partial charge in [0.05, 0.1) is 28.5 Å². The third-order valence-corrected chi connectivity index (χ3v) is 8.29. The lowest BCUT2D eigenvalue weighted by Crippen LogP contribution is -2.40. The molecule has 216 valence electrons. The molecule has 1 atom stereocenters. The molecule has 0 saturated carbocycles. The number of thiazole rings is 1. The summed E-state index contributed by atoms with van der Waals surface area (Å²) in [5.41, 5.74) is 3.24. The fraction of sp³-hybridized carbons (Fsp3) is 0.242. The highest BCUT2D eigenvalue weighted by Gasteiger charge is 2.35. The normalized spacial score (nSPS) is 14.9. The molecule has 0 saturated heterocycles. The third kappa shape index (κ3) is 6.52. The number of para-hydroxylation sites is 1. The van der Waals surface area contributed by atoms with Crippen molar-refractivity contribution in [1.29, 1.82) is 0 Å². The standard InChI is InChI=1S/C33H31IN2O5S/c1-5-39-32(38)29-21(4)35-33-36(30(29)26-8-6-7-9-27(26)41-20(2)3)31(37)28(42-33)18-22-12-16-25(17-13-22)40-19-23-10-14-24(34)15-11-23/h6-18,20,30H,5,19H2,1-4H3/b28-18+/t30-/m1/s1. The van der Waals surface area contributed by atoms with Gasteiger partial charge in [0, 0.05) is 9.13 Å². The van der Waals surface area contributed by atoms with E-state index in [0.717, 1.165) is 16.9 Å². The zero-order valence-electron chi connectivity index (χ0n) is 23.8. The van der Waals surface area contributed by atoms with Crippen molar-refractivity contribution in [3.05, 3.63) is 124 Å². The molecule has 0 amide bonds. The van der Waals surface area contributed by atoms with Crippen LogP contribution < -0.4 is 24.4 Å². The van der Waals surface area contributed by atoms with Gasteiger partial charge in [-0.05, 0) is 97.8 Å². The molecule has 4 aromatic rings. The predicted molar refractivity (Wildman–Crippen MR) is 173 cm³/mol. The van der Waals surface area contributed by atoms with Gasteiger partial charge in [-0.15, -0.1) is 0 Å². The summed E-state index contributed by atoms with van der Waals surface area (Å²) in [4.78, 5) is 32.4. The molecule has 42 heavy (non-hydrogen) atoms. The Bertz CT molecular complexity index is 1800. The van der Waals surface area contributed by atoms with Crippen LogP contribution in [0.15, 0.2) is 93.9 Å². The minimum Gasteiger partial charge on any atom is -0.491 e. The van der Waals surface area contributed by atoms with Crippen molar-refractivity contribution < 1.29 is 19.0 Å². The lowest BCUT2D eigenvalue weighted by molar-refractivity contribution is -0.139. The van der Waals surface area contributed by atoms with E-state index in [1.165, 1.54) is 14.9 Å². The number of ether oxygens (including phenoxy) is 3. The number of halogens is 1. The number of benzene rings is 3. The van der Waals surface area contributed by atoms with Crippen LogP contribution in [0.5, 0.6) is 11.5 Å². The quantitative estimate of drug-likeness (QED) is 0.164. The van der Waals surface area contributed by atoms with Crippen LogP contribution in [-0.4, -0.2) is 23.2 Å². The Kier molecular flexibility index (Phi) is 9.27. The summed E-state index contributed by atoms with van der Waals surface area (Å²) in [7, 11) is 0. The monoisotopic (exact) mass is 694 g/mol. The molecule has 1 aromatic heterocycles. The smallest absolute Gasteiger partial charge is 0.338 e. The van der Waals surface area contributed by atoms with Crippen molar-refractivity contribution in [1.82, 2.24) is 4.57 Å². The number of nitrogens with zero attached hydrogens (tertiary/aromatic N) is 2. The number of hydrogen-bond acceptors (Lipinski definition) is 7. The Morgan fingerprint density at radius 3 is 2.48 bits per heavy atom. The molecule has 1 aliphatic heterocycles. The number of rotatable bonds is 9. The average Bonchev–Trinajstić information content (AvgIpc) is 3.27. The Morgan fingerprint density at radius 2 is 1.79 bits per heavy atom. The first-order valence-electron chi connectivity index (χ1n) is 13.7. The number of hydrogen-bond donors (Lipinski definition) is 0. The van der Waals surface area contributed by atoms with Gasteiger partial charge in [-0.1, -0.05) is 53.8 Å². The molecule has 9 heteroatoms. The average molecular weight is 695 g/mol. The highest BCUT2D eigenvalue weighted by atomic mass is 127. The summed E-state index contributed by atoms with van der Waals surface area (Å²) in [6.45, 7) is 8.09. The first-order chi connectivity index (χ1) is 20.2. The molecule has 0 fully saturated rings. The summed E-state index contributed by atoms with van der Waals surface area (Å²) in [5, 5.41) is 0. The van der Waals surface area contributed by atoms with E-state index in [2.05, 4.69) is 39.7 Å². The summed E-state index contributed by atoms with van der Waals surface area (Å²) in [5.74, 6) is 0.839. The maximum absolute atomic E-state index is 14.0. The number of aromatic nitrogens is 1. The second-order valence-electron chi connectivity index (χ2n) is 9.99. The lowest BCUT2D eigenvalue weighted by Gasteiger charge is -2.26. The minimum absolute atomic E-state index is 0.0957. The molecule has 0 spiro atoms. The summed E-state index contributed by atoms with van der Waals surface area (Å²) in [6, 6.07) is 22.6. The minimum atomic E-state index is -0.741. The van der Waals surface area contributed by atoms with Gasteiger partial charge in [0.15, 0.2) is 4.80 Å². The molecule has 0 bridgehead atoms. The van der Waals surface area contributed by atoms with Gasteiger partial charge in [0.25, 0.3) is 5.56 Å². The molecule has 3 aromatic carbocycles. The van der Waals surface area contributed by atoms with Crippen molar-refractivity contribution in [3.63, 3.8) is 0 Å². The Labute approximate surface area is 261 Å². The molecule has 7 nitrogen and oxygen atoms in total. The van der Waals surface area contributed by atoms with Gasteiger partial charge in [-0.3, -0.25) is 9.36 Å². The summed E-state index contributed by atoms with van der Waals surface area (Å²) in [6.07, 6.45) is 1.74. The van der Waals surface area contributed by atoms with E-state index in [0.29, 0.717) is 38.5 Å². The van der Waals surface area contributed by atoms with Crippen LogP contribution in [0.4, 0.5) is 0 Å². The SMILES string of the molecule is CCOC(=O)C1=C(C)N=c2s/c(=C/c3ccc(OCc4ccc(I)cc4)cc3)c(=O)n2[C@@H]1c1ccccc1OC(C)C. The van der Waals surface area contributed by atoms with Crippen LogP contribution in [-0.2, 0) is 16.1 Å². The van der Waals surface area contributed by atoms with Crippen LogP contribution in [0.1, 0.15) is 50.4 Å². The first kappa shape index (κ1) is 29.8. The predicted octanol–water partition coefficient (Wildman–Crippen LogP) is 5.77. The zero-order valence-corrected chi connectivity index (χ0v) is 26.8. The molecular weight excluding hydrogens is 663 g/mol. The van der Waals surface area contributed by atoms with E-state index in [9.17, 15) is 9.59 Å². The van der Waals surface area contributed by atoms with Crippen molar-refractivity contribution in [2.24, 2.45) is 4.99 Å². The second kappa shape index (κ2) is 13.1. The Morgan fingerprint density at radius 1 is 1.07 bits per heavy atom. The van der Waals surface area contributed by atoms with E-state index in [1.807, 2.05) is 80.6 Å². The number of carbonyl (C=O) groups is 1. The lowest BCUT2D eigenvalue weighted by atomic mass is 9.95. The molecule has 5 rings (SSSR count). The second-order valence-corrected chi connectivity index (χ2v) is 12.2. The van der Waals surface area contributed by atoms with Crippen molar-refractivity contribution in [2.75, 3.05) is 6.61 Å². The third-order valence-electron chi connectivity index (χ3n) is 6.59. The highest BCUT2D eigenvalue weighted by molar-refractivity contribution is 14.1. The highest BCUT2D eigenvalue weighted by Crippen LogP contribution is 2.36. The molecule has 1 aliphatic rings. The number of fused-ring (bicyclic) bond motifs is 1. The van der Waals surface area contributed by atoms with Gasteiger partial charge in [0.2, 0.25) is 0 Å². The Balaban J connectivity index is 1.52. The summed E-state index contributed by atoms with van der Waals surface area (Å²) >= 11 is 3.57. The van der Waals surface area contributed by atoms with Gasteiger partial charge >= 0.3 is 5.97 Å². The van der Waals surface area contributed by atoms with E-state index in [-0.39, 0.29) is 18.3 Å². The maximum atomic E-state index is 14.0. The van der Waals surface area contributed by atoms with Gasteiger partial charge < -0.3 is 14.2 Å². The molecule has 2 heterocycles. The van der Waals surface area contributed by atoms with Gasteiger partial charge in [0.1, 0.15) is 24.1 Å². The van der Waals surface area contributed by atoms with Crippen molar-refractivity contribution in [2.45, 2.75) is 46.4 Å². The number of esters is 1. The first-order valence-corrected chi connectivity index (χ1v) is 15.6. The molecule has 0 radical (unpaired) electrons. The van der Waals surface area contributed by atoms with Crippen LogP contribution in [0.3, 0.4) is 0 Å². The van der Waals surface area contributed by atoms with Crippen LogP contribution in [0.25, 0.3) is 6.08 Å². The zero-order chi connectivity index (χ0) is 29.8. The van der Waals surface area contributed by atoms with E-state index in [4.69, 9.17) is 14.2 Å². The number of carbonyl (C=O) groups excluding carboxylic acids is 1. The van der Waals surface area contributed by atoms with Crippen LogP contribution in [0.2, 0.25) is 0 Å². The van der Waals surface area contributed by atoms with E-state index in [1.54, 1.807) is 18.4 Å². The molecule has 0 aliphatic carbocycles. The number of allylic oxidation sites excluding steroid dienone is 1. The maximum Gasteiger partial charge on any atom is 0.338 e. The van der Waals surface area contributed by atoms with Crippen molar-refractivity contribution >= 4 is 46.0 Å². The van der Waals surface area contributed by atoms with Gasteiger partial charge in [-0.2, -0.15) is 0 Å². The van der Waals surface area contributed by atoms with Crippen molar-refractivity contribution in [3.8, 4) is 11.5 Å². The topological polar surface area (TPSA) is 79.1 Å². The molecule has 0 N–H and O–H groups in total. The van der Waals surface area contributed by atoms with E-state index >= 15 is 0 Å². The fourth-order valence-corrected chi connectivity index (χ4v) is 6.12. The van der Waals surface area contributed by atoms with Crippen LogP contribution in [0, 0.1) is 3.57 Å². The summed E-state index contributed by atoms with van der Waals surface area (Å²) < 4.78 is 20.7. The fourth-order valence-electron chi connectivity index (χ4n) is 4.71.